The zero-order valence-corrected chi connectivity index (χ0v) is 18.0. The second-order valence-electron chi connectivity index (χ2n) is 6.41. The molecule has 3 rings (SSSR count). The molecule has 0 radical (unpaired) electrons. The van der Waals surface area contributed by atoms with Crippen LogP contribution in [0.2, 0.25) is 0 Å². The minimum Gasteiger partial charge on any atom is -0.468 e. The third-order valence-electron chi connectivity index (χ3n) is 4.55. The van der Waals surface area contributed by atoms with E-state index in [2.05, 4.69) is 15.5 Å². The van der Waals surface area contributed by atoms with E-state index in [-0.39, 0.29) is 30.0 Å². The van der Waals surface area contributed by atoms with Gasteiger partial charge in [-0.2, -0.15) is 0 Å². The predicted octanol–water partition coefficient (Wildman–Crippen LogP) is 2.92. The first kappa shape index (κ1) is 21.8. The van der Waals surface area contributed by atoms with Crippen LogP contribution in [0.4, 0.5) is 0 Å². The molecule has 1 aliphatic rings. The molecule has 0 bridgehead atoms. The van der Waals surface area contributed by atoms with Crippen LogP contribution in [0.25, 0.3) is 0 Å². The number of aliphatic imine (C=N–C) groups is 1. The minimum atomic E-state index is -0.715. The van der Waals surface area contributed by atoms with Crippen LogP contribution in [0.5, 0.6) is 0 Å². The van der Waals surface area contributed by atoms with Crippen molar-refractivity contribution in [3.05, 3.63) is 48.3 Å². The van der Waals surface area contributed by atoms with Gasteiger partial charge in [0, 0.05) is 6.54 Å². The van der Waals surface area contributed by atoms with Gasteiger partial charge in [-0.1, -0.05) is 0 Å². The van der Waals surface area contributed by atoms with Crippen molar-refractivity contribution in [2.45, 2.75) is 31.9 Å². The topological polar surface area (TPSA) is 86.2 Å². The van der Waals surface area contributed by atoms with E-state index in [1.807, 2.05) is 19.1 Å². The molecule has 2 aromatic heterocycles. The molecule has 2 atom stereocenters. The molecule has 7 nitrogen and oxygen atoms in total. The number of guanidine groups is 1. The van der Waals surface area contributed by atoms with Crippen molar-refractivity contribution >= 4 is 29.9 Å². The molecule has 0 spiro atoms. The van der Waals surface area contributed by atoms with E-state index >= 15 is 0 Å². The maximum absolute atomic E-state index is 10.2. The summed E-state index contributed by atoms with van der Waals surface area (Å²) in [4.78, 5) is 7.14. The zero-order chi connectivity index (χ0) is 18.2. The van der Waals surface area contributed by atoms with Crippen molar-refractivity contribution < 1.29 is 13.9 Å². The standard InChI is InChI=1S/C19H28N4O3.HI/c1-2-20-19(22-14-16(24)18-8-6-12-26-18)21-13-15(17-7-5-11-25-17)23-9-3-4-10-23;/h5-8,11-12,15-16,24H,2-4,9-10,13-14H2,1H3,(H2,20,21,22);1H. The van der Waals surface area contributed by atoms with E-state index in [9.17, 15) is 5.11 Å². The van der Waals surface area contributed by atoms with Gasteiger partial charge >= 0.3 is 0 Å². The fourth-order valence-electron chi connectivity index (χ4n) is 3.21. The molecule has 27 heavy (non-hydrogen) atoms. The Morgan fingerprint density at radius 2 is 1.81 bits per heavy atom. The van der Waals surface area contributed by atoms with Gasteiger partial charge in [0.2, 0.25) is 0 Å². The Kier molecular flexibility index (Phi) is 9.16. The largest absolute Gasteiger partial charge is 0.468 e. The van der Waals surface area contributed by atoms with E-state index in [0.717, 1.165) is 25.4 Å². The first-order valence-corrected chi connectivity index (χ1v) is 9.29. The average molecular weight is 488 g/mol. The maximum Gasteiger partial charge on any atom is 0.191 e. The number of furan rings is 2. The van der Waals surface area contributed by atoms with Crippen LogP contribution >= 0.6 is 24.0 Å². The summed E-state index contributed by atoms with van der Waals surface area (Å²) in [5.41, 5.74) is 0. The molecule has 1 saturated heterocycles. The van der Waals surface area contributed by atoms with Crippen LogP contribution in [-0.4, -0.2) is 48.7 Å². The highest BCUT2D eigenvalue weighted by molar-refractivity contribution is 14.0. The van der Waals surface area contributed by atoms with Gasteiger partial charge in [0.1, 0.15) is 17.6 Å². The van der Waals surface area contributed by atoms with Crippen LogP contribution in [-0.2, 0) is 0 Å². The fraction of sp³-hybridized carbons (Fsp3) is 0.526. The van der Waals surface area contributed by atoms with Gasteiger partial charge in [-0.25, -0.2) is 0 Å². The molecule has 3 heterocycles. The molecule has 2 unspecified atom stereocenters. The van der Waals surface area contributed by atoms with Crippen molar-refractivity contribution in [1.29, 1.82) is 0 Å². The second kappa shape index (κ2) is 11.4. The summed E-state index contributed by atoms with van der Waals surface area (Å²) in [6, 6.07) is 7.60. The van der Waals surface area contributed by atoms with Crippen LogP contribution in [0, 0.1) is 0 Å². The predicted molar refractivity (Wildman–Crippen MR) is 115 cm³/mol. The van der Waals surface area contributed by atoms with Crippen molar-refractivity contribution in [2.75, 3.05) is 32.7 Å². The summed E-state index contributed by atoms with van der Waals surface area (Å²) in [6.45, 7) is 5.83. The SMILES string of the molecule is CCNC(=NCC(c1ccco1)N1CCCC1)NCC(O)c1ccco1.I. The van der Waals surface area contributed by atoms with Gasteiger partial charge in [0.25, 0.3) is 0 Å². The molecule has 0 aliphatic carbocycles. The number of nitrogens with zero attached hydrogens (tertiary/aromatic N) is 2. The van der Waals surface area contributed by atoms with Crippen molar-refractivity contribution in [1.82, 2.24) is 15.5 Å². The summed E-state index contributed by atoms with van der Waals surface area (Å²) >= 11 is 0. The molecule has 3 N–H and O–H groups in total. The lowest BCUT2D eigenvalue weighted by atomic mass is 10.2. The monoisotopic (exact) mass is 488 g/mol. The Labute approximate surface area is 177 Å². The van der Waals surface area contributed by atoms with Crippen molar-refractivity contribution in [3.63, 3.8) is 0 Å². The fourth-order valence-corrected chi connectivity index (χ4v) is 3.21. The third-order valence-corrected chi connectivity index (χ3v) is 4.55. The van der Waals surface area contributed by atoms with Crippen LogP contribution in [0.15, 0.2) is 50.6 Å². The lowest BCUT2D eigenvalue weighted by Gasteiger charge is -2.24. The highest BCUT2D eigenvalue weighted by Gasteiger charge is 2.25. The second-order valence-corrected chi connectivity index (χ2v) is 6.41. The summed E-state index contributed by atoms with van der Waals surface area (Å²) < 4.78 is 10.9. The quantitative estimate of drug-likeness (QED) is 0.301. The number of nitrogens with one attached hydrogen (secondary N) is 2. The highest BCUT2D eigenvalue weighted by atomic mass is 127. The molecule has 1 aliphatic heterocycles. The number of likely N-dealkylation sites (tertiary alicyclic amines) is 1. The van der Waals surface area contributed by atoms with Gasteiger partial charge in [-0.15, -0.1) is 24.0 Å². The van der Waals surface area contributed by atoms with Gasteiger partial charge in [0.15, 0.2) is 5.96 Å². The van der Waals surface area contributed by atoms with Gasteiger partial charge in [0.05, 0.1) is 31.7 Å². The van der Waals surface area contributed by atoms with Gasteiger partial charge in [-0.05, 0) is 57.1 Å². The Bertz CT molecular complexity index is 655. The Balaban J connectivity index is 0.00000261. The number of hydrogen-bond acceptors (Lipinski definition) is 5. The molecule has 2 aromatic rings. The summed E-state index contributed by atoms with van der Waals surface area (Å²) in [7, 11) is 0. The van der Waals surface area contributed by atoms with E-state index in [4.69, 9.17) is 13.8 Å². The molecule has 0 aromatic carbocycles. The van der Waals surface area contributed by atoms with Crippen molar-refractivity contribution in [3.8, 4) is 0 Å². The highest BCUT2D eigenvalue weighted by Crippen LogP contribution is 2.25. The first-order valence-electron chi connectivity index (χ1n) is 9.29. The van der Waals surface area contributed by atoms with E-state index in [1.54, 1.807) is 24.7 Å². The maximum atomic E-state index is 10.2. The third kappa shape index (κ3) is 6.25. The molecule has 0 saturated carbocycles. The molecular weight excluding hydrogens is 459 g/mol. The zero-order valence-electron chi connectivity index (χ0n) is 15.6. The lowest BCUT2D eigenvalue weighted by molar-refractivity contribution is 0.152. The number of aliphatic hydroxyl groups is 1. The number of hydrogen-bond donors (Lipinski definition) is 3. The van der Waals surface area contributed by atoms with Crippen molar-refractivity contribution in [2.24, 2.45) is 4.99 Å². The van der Waals surface area contributed by atoms with Gasteiger partial charge < -0.3 is 24.6 Å². The van der Waals surface area contributed by atoms with Gasteiger partial charge in [-0.3, -0.25) is 9.89 Å². The Hall–Kier alpha value is -1.52. The van der Waals surface area contributed by atoms with E-state index in [0.29, 0.717) is 24.8 Å². The minimum absolute atomic E-state index is 0. The average Bonchev–Trinajstić information content (AvgIpc) is 3.43. The summed E-state index contributed by atoms with van der Waals surface area (Å²) in [5.74, 6) is 2.16. The molecule has 8 heteroatoms. The molecule has 150 valence electrons. The Morgan fingerprint density at radius 3 is 2.41 bits per heavy atom. The Morgan fingerprint density at radius 1 is 1.15 bits per heavy atom. The molecular formula is C19H29IN4O3. The molecule has 1 fully saturated rings. The van der Waals surface area contributed by atoms with E-state index < -0.39 is 6.10 Å². The van der Waals surface area contributed by atoms with Crippen LogP contribution in [0.3, 0.4) is 0 Å². The molecule has 0 amide bonds. The summed E-state index contributed by atoms with van der Waals surface area (Å²) in [5, 5.41) is 16.6. The van der Waals surface area contributed by atoms with Crippen LogP contribution in [0.1, 0.15) is 43.4 Å². The lowest BCUT2D eigenvalue weighted by Crippen LogP contribution is -2.40. The number of aliphatic hydroxyl groups excluding tert-OH is 1. The summed E-state index contributed by atoms with van der Waals surface area (Å²) in [6.07, 6.45) is 4.99. The normalized spacial score (nSPS) is 17.3. The number of rotatable bonds is 8. The van der Waals surface area contributed by atoms with E-state index in [1.165, 1.54) is 12.8 Å². The smallest absolute Gasteiger partial charge is 0.191 e. The van der Waals surface area contributed by atoms with Crippen LogP contribution < -0.4 is 10.6 Å². The first-order chi connectivity index (χ1) is 12.8. The number of halogens is 1.